The highest BCUT2D eigenvalue weighted by atomic mass is 35.5. The molecule has 1 amide bonds. The van der Waals surface area contributed by atoms with Crippen LogP contribution >= 0.6 is 12.4 Å². The SMILES string of the molecule is COc1cc(F)c(C(=O)NCCC(C)N)cc1OC.Cl. The highest BCUT2D eigenvalue weighted by Gasteiger charge is 2.16. The van der Waals surface area contributed by atoms with Gasteiger partial charge in [0, 0.05) is 18.7 Å². The molecular weight excluding hydrogens is 287 g/mol. The van der Waals surface area contributed by atoms with Gasteiger partial charge in [-0.25, -0.2) is 4.39 Å². The Morgan fingerprint density at radius 2 is 1.90 bits per heavy atom. The van der Waals surface area contributed by atoms with Crippen LogP contribution in [-0.2, 0) is 0 Å². The molecule has 3 N–H and O–H groups in total. The van der Waals surface area contributed by atoms with Gasteiger partial charge >= 0.3 is 0 Å². The van der Waals surface area contributed by atoms with Gasteiger partial charge in [0.15, 0.2) is 11.5 Å². The van der Waals surface area contributed by atoms with Crippen LogP contribution in [0.3, 0.4) is 0 Å². The fourth-order valence-corrected chi connectivity index (χ4v) is 1.54. The van der Waals surface area contributed by atoms with E-state index in [0.29, 0.717) is 18.7 Å². The first kappa shape index (κ1) is 18.5. The number of amides is 1. The van der Waals surface area contributed by atoms with E-state index in [1.54, 1.807) is 0 Å². The van der Waals surface area contributed by atoms with Gasteiger partial charge < -0.3 is 20.5 Å². The topological polar surface area (TPSA) is 73.6 Å². The molecule has 0 bridgehead atoms. The Kier molecular flexibility index (Phi) is 7.94. The van der Waals surface area contributed by atoms with Crippen molar-refractivity contribution < 1.29 is 18.7 Å². The first-order valence-corrected chi connectivity index (χ1v) is 5.95. The molecule has 114 valence electrons. The van der Waals surface area contributed by atoms with Crippen molar-refractivity contribution in [2.75, 3.05) is 20.8 Å². The van der Waals surface area contributed by atoms with Gasteiger partial charge in [-0.1, -0.05) is 0 Å². The minimum Gasteiger partial charge on any atom is -0.493 e. The lowest BCUT2D eigenvalue weighted by atomic mass is 10.1. The molecule has 1 rings (SSSR count). The zero-order valence-corrected chi connectivity index (χ0v) is 12.6. The lowest BCUT2D eigenvalue weighted by Gasteiger charge is -2.11. The van der Waals surface area contributed by atoms with Crippen molar-refractivity contribution >= 4 is 18.3 Å². The lowest BCUT2D eigenvalue weighted by molar-refractivity contribution is 0.0948. The van der Waals surface area contributed by atoms with Crippen molar-refractivity contribution in [3.05, 3.63) is 23.5 Å². The number of hydrogen-bond donors (Lipinski definition) is 2. The van der Waals surface area contributed by atoms with Crippen LogP contribution in [0.15, 0.2) is 12.1 Å². The van der Waals surface area contributed by atoms with E-state index in [2.05, 4.69) is 5.32 Å². The van der Waals surface area contributed by atoms with E-state index in [1.807, 2.05) is 6.92 Å². The maximum absolute atomic E-state index is 13.8. The molecule has 0 aliphatic heterocycles. The van der Waals surface area contributed by atoms with Crippen molar-refractivity contribution in [2.24, 2.45) is 5.73 Å². The van der Waals surface area contributed by atoms with Gasteiger partial charge in [-0.05, 0) is 19.4 Å². The number of ether oxygens (including phenoxy) is 2. The number of methoxy groups -OCH3 is 2. The van der Waals surface area contributed by atoms with Crippen molar-refractivity contribution in [3.63, 3.8) is 0 Å². The molecule has 1 aromatic carbocycles. The number of nitrogens with two attached hydrogens (primary N) is 1. The van der Waals surface area contributed by atoms with Crippen molar-refractivity contribution in [1.82, 2.24) is 5.32 Å². The summed E-state index contributed by atoms with van der Waals surface area (Å²) in [6.07, 6.45) is 0.626. The van der Waals surface area contributed by atoms with E-state index >= 15 is 0 Å². The molecule has 1 atom stereocenters. The van der Waals surface area contributed by atoms with Crippen LogP contribution in [0.25, 0.3) is 0 Å². The molecule has 0 aliphatic carbocycles. The minimum atomic E-state index is -0.657. The van der Waals surface area contributed by atoms with Crippen molar-refractivity contribution in [3.8, 4) is 11.5 Å². The fraction of sp³-hybridized carbons (Fsp3) is 0.462. The Morgan fingerprint density at radius 1 is 1.35 bits per heavy atom. The molecule has 0 aromatic heterocycles. The molecule has 5 nitrogen and oxygen atoms in total. The molecule has 0 spiro atoms. The number of carbonyl (C=O) groups excluding carboxylic acids is 1. The Balaban J connectivity index is 0.00000361. The molecule has 0 heterocycles. The van der Waals surface area contributed by atoms with E-state index in [-0.39, 0.29) is 29.8 Å². The number of nitrogens with one attached hydrogen (secondary N) is 1. The van der Waals surface area contributed by atoms with E-state index < -0.39 is 11.7 Å². The largest absolute Gasteiger partial charge is 0.493 e. The average molecular weight is 307 g/mol. The van der Waals surface area contributed by atoms with Crippen molar-refractivity contribution in [1.29, 1.82) is 0 Å². The molecule has 0 aliphatic rings. The highest BCUT2D eigenvalue weighted by molar-refractivity contribution is 5.95. The standard InChI is InChI=1S/C13H19FN2O3.ClH/c1-8(15)4-5-16-13(17)9-6-11(18-2)12(19-3)7-10(9)14;/h6-8H,4-5,15H2,1-3H3,(H,16,17);1H. The van der Waals surface area contributed by atoms with Gasteiger partial charge in [0.1, 0.15) is 5.82 Å². The summed E-state index contributed by atoms with van der Waals surface area (Å²) >= 11 is 0. The van der Waals surface area contributed by atoms with Crippen LogP contribution < -0.4 is 20.5 Å². The van der Waals surface area contributed by atoms with Crippen molar-refractivity contribution in [2.45, 2.75) is 19.4 Å². The first-order chi connectivity index (χ1) is 8.99. The van der Waals surface area contributed by atoms with Gasteiger partial charge in [-0.15, -0.1) is 12.4 Å². The predicted octanol–water partition coefficient (Wildman–Crippen LogP) is 1.73. The Bertz CT molecular complexity index is 455. The summed E-state index contributed by atoms with van der Waals surface area (Å²) in [7, 11) is 2.83. The quantitative estimate of drug-likeness (QED) is 0.839. The molecule has 0 radical (unpaired) electrons. The van der Waals surface area contributed by atoms with Crippen LogP contribution in [0.1, 0.15) is 23.7 Å². The van der Waals surface area contributed by atoms with E-state index in [4.69, 9.17) is 15.2 Å². The number of benzene rings is 1. The predicted molar refractivity (Wildman–Crippen MR) is 77.4 cm³/mol. The van der Waals surface area contributed by atoms with Gasteiger partial charge in [0.05, 0.1) is 19.8 Å². The number of halogens is 2. The third-order valence-corrected chi connectivity index (χ3v) is 2.60. The molecular formula is C13H20ClFN2O3. The summed E-state index contributed by atoms with van der Waals surface area (Å²) in [6.45, 7) is 2.23. The maximum atomic E-state index is 13.8. The van der Waals surface area contributed by atoms with Gasteiger partial charge in [-0.2, -0.15) is 0 Å². The van der Waals surface area contributed by atoms with Gasteiger partial charge in [0.2, 0.25) is 0 Å². The Labute approximate surface area is 124 Å². The van der Waals surface area contributed by atoms with Crippen LogP contribution in [0.2, 0.25) is 0 Å². The second-order valence-electron chi connectivity index (χ2n) is 4.21. The van der Waals surface area contributed by atoms with Gasteiger partial charge in [-0.3, -0.25) is 4.79 Å². The normalized spacial score (nSPS) is 11.2. The average Bonchev–Trinajstić information content (AvgIpc) is 2.37. The van der Waals surface area contributed by atoms with Crippen LogP contribution in [0.5, 0.6) is 11.5 Å². The summed E-state index contributed by atoms with van der Waals surface area (Å²) in [4.78, 5) is 11.8. The second kappa shape index (κ2) is 8.60. The molecule has 20 heavy (non-hydrogen) atoms. The molecule has 1 aromatic rings. The number of hydrogen-bond acceptors (Lipinski definition) is 4. The zero-order valence-electron chi connectivity index (χ0n) is 11.7. The van der Waals surface area contributed by atoms with Gasteiger partial charge in [0.25, 0.3) is 5.91 Å². The van der Waals surface area contributed by atoms with E-state index in [9.17, 15) is 9.18 Å². The lowest BCUT2D eigenvalue weighted by Crippen LogP contribution is -2.29. The number of carbonyl (C=O) groups is 1. The monoisotopic (exact) mass is 306 g/mol. The Morgan fingerprint density at radius 3 is 2.40 bits per heavy atom. The third-order valence-electron chi connectivity index (χ3n) is 2.60. The molecule has 0 saturated heterocycles. The molecule has 1 unspecified atom stereocenters. The van der Waals surface area contributed by atoms with Crippen LogP contribution in [0.4, 0.5) is 4.39 Å². The molecule has 0 saturated carbocycles. The summed E-state index contributed by atoms with van der Waals surface area (Å²) in [6, 6.07) is 2.42. The zero-order chi connectivity index (χ0) is 14.4. The third kappa shape index (κ3) is 4.86. The first-order valence-electron chi connectivity index (χ1n) is 5.95. The Hall–Kier alpha value is -1.53. The van der Waals surface area contributed by atoms with Crippen LogP contribution in [0, 0.1) is 5.82 Å². The molecule has 0 fully saturated rings. The second-order valence-corrected chi connectivity index (χ2v) is 4.21. The number of rotatable bonds is 6. The summed E-state index contributed by atoms with van der Waals surface area (Å²) < 4.78 is 23.8. The van der Waals surface area contributed by atoms with E-state index in [1.165, 1.54) is 20.3 Å². The summed E-state index contributed by atoms with van der Waals surface area (Å²) in [5.74, 6) is -0.608. The molecule has 7 heteroatoms. The summed E-state index contributed by atoms with van der Waals surface area (Å²) in [5.41, 5.74) is 5.49. The summed E-state index contributed by atoms with van der Waals surface area (Å²) in [5, 5.41) is 2.60. The van der Waals surface area contributed by atoms with E-state index in [0.717, 1.165) is 6.07 Å². The van der Waals surface area contributed by atoms with Crippen LogP contribution in [-0.4, -0.2) is 32.7 Å². The minimum absolute atomic E-state index is 0. The smallest absolute Gasteiger partial charge is 0.254 e. The maximum Gasteiger partial charge on any atom is 0.254 e. The highest BCUT2D eigenvalue weighted by Crippen LogP contribution is 2.29. The fourth-order valence-electron chi connectivity index (χ4n) is 1.54.